The summed E-state index contributed by atoms with van der Waals surface area (Å²) in [6.07, 6.45) is 1.10. The van der Waals surface area contributed by atoms with Crippen molar-refractivity contribution in [1.29, 1.82) is 0 Å². The highest BCUT2D eigenvalue weighted by atomic mass is 16.5. The average Bonchev–Trinajstić information content (AvgIpc) is 2.38. The molecular weight excluding hydrogens is 250 g/mol. The van der Waals surface area contributed by atoms with Crippen molar-refractivity contribution in [2.24, 2.45) is 0 Å². The van der Waals surface area contributed by atoms with Crippen LogP contribution >= 0.6 is 0 Å². The van der Waals surface area contributed by atoms with E-state index < -0.39 is 0 Å². The van der Waals surface area contributed by atoms with Crippen molar-refractivity contribution in [3.8, 4) is 5.75 Å². The monoisotopic (exact) mass is 279 g/mol. The molecule has 0 bridgehead atoms. The fourth-order valence-corrected chi connectivity index (χ4v) is 2.07. The van der Waals surface area contributed by atoms with Gasteiger partial charge >= 0.3 is 0 Å². The largest absolute Gasteiger partial charge is 0.491 e. The molecule has 1 N–H and O–H groups in total. The topological polar surface area (TPSA) is 30.5 Å². The van der Waals surface area contributed by atoms with Gasteiger partial charge in [0, 0.05) is 12.6 Å². The van der Waals surface area contributed by atoms with Crippen molar-refractivity contribution in [3.63, 3.8) is 0 Å². The van der Waals surface area contributed by atoms with Crippen LogP contribution in [0.4, 0.5) is 0 Å². The zero-order valence-corrected chi connectivity index (χ0v) is 13.5. The quantitative estimate of drug-likeness (QED) is 0.738. The fourth-order valence-electron chi connectivity index (χ4n) is 2.07. The van der Waals surface area contributed by atoms with Crippen molar-refractivity contribution in [3.05, 3.63) is 29.8 Å². The van der Waals surface area contributed by atoms with Gasteiger partial charge in [0.15, 0.2) is 0 Å². The highest BCUT2D eigenvalue weighted by Crippen LogP contribution is 2.28. The number of para-hydroxylation sites is 1. The molecule has 1 unspecified atom stereocenters. The molecule has 114 valence electrons. The van der Waals surface area contributed by atoms with Crippen LogP contribution in [-0.2, 0) is 4.74 Å². The van der Waals surface area contributed by atoms with Gasteiger partial charge in [-0.2, -0.15) is 0 Å². The summed E-state index contributed by atoms with van der Waals surface area (Å²) in [5, 5.41) is 3.53. The number of ether oxygens (including phenoxy) is 2. The van der Waals surface area contributed by atoms with Crippen LogP contribution in [0.15, 0.2) is 24.3 Å². The van der Waals surface area contributed by atoms with Gasteiger partial charge in [-0.05, 0) is 51.3 Å². The molecule has 20 heavy (non-hydrogen) atoms. The summed E-state index contributed by atoms with van der Waals surface area (Å²) in [5.74, 6) is 1.46. The highest BCUT2D eigenvalue weighted by Gasteiger charge is 2.13. The second-order valence-electron chi connectivity index (χ2n) is 6.25. The molecule has 0 saturated carbocycles. The van der Waals surface area contributed by atoms with E-state index in [4.69, 9.17) is 9.47 Å². The van der Waals surface area contributed by atoms with Crippen LogP contribution in [-0.4, -0.2) is 32.4 Å². The summed E-state index contributed by atoms with van der Waals surface area (Å²) in [4.78, 5) is 0. The molecule has 0 heterocycles. The molecule has 0 saturated heterocycles. The maximum Gasteiger partial charge on any atom is 0.122 e. The number of nitrogens with one attached hydrogen (secondary N) is 1. The van der Waals surface area contributed by atoms with E-state index in [0.717, 1.165) is 18.7 Å². The van der Waals surface area contributed by atoms with Gasteiger partial charge in [0.05, 0.1) is 6.61 Å². The van der Waals surface area contributed by atoms with Crippen molar-refractivity contribution >= 4 is 0 Å². The molecule has 1 aromatic rings. The van der Waals surface area contributed by atoms with E-state index in [9.17, 15) is 0 Å². The lowest BCUT2D eigenvalue weighted by Crippen LogP contribution is -2.36. The molecule has 0 aliphatic rings. The van der Waals surface area contributed by atoms with Gasteiger partial charge < -0.3 is 14.8 Å². The first-order valence-corrected chi connectivity index (χ1v) is 7.39. The molecule has 1 aromatic carbocycles. The van der Waals surface area contributed by atoms with Crippen LogP contribution in [0, 0.1) is 0 Å². The Morgan fingerprint density at radius 1 is 1.15 bits per heavy atom. The summed E-state index contributed by atoms with van der Waals surface area (Å²) < 4.78 is 10.8. The van der Waals surface area contributed by atoms with Crippen molar-refractivity contribution < 1.29 is 9.47 Å². The summed E-state index contributed by atoms with van der Waals surface area (Å²) in [5.41, 5.74) is 1.45. The Kier molecular flexibility index (Phi) is 7.03. The van der Waals surface area contributed by atoms with Gasteiger partial charge in [-0.1, -0.05) is 25.1 Å². The van der Waals surface area contributed by atoms with Gasteiger partial charge in [0.1, 0.15) is 12.4 Å². The van der Waals surface area contributed by atoms with E-state index >= 15 is 0 Å². The minimum Gasteiger partial charge on any atom is -0.491 e. The molecule has 0 amide bonds. The third kappa shape index (κ3) is 6.40. The lowest BCUT2D eigenvalue weighted by molar-refractivity contribution is 0.145. The van der Waals surface area contributed by atoms with Crippen LogP contribution in [0.1, 0.15) is 45.6 Å². The smallest absolute Gasteiger partial charge is 0.122 e. The van der Waals surface area contributed by atoms with Crippen molar-refractivity contribution in [2.45, 2.75) is 45.6 Å². The Morgan fingerprint density at radius 3 is 2.50 bits per heavy atom. The first kappa shape index (κ1) is 17.0. The van der Waals surface area contributed by atoms with Crippen LogP contribution < -0.4 is 10.1 Å². The number of methoxy groups -OCH3 is 1. The Hall–Kier alpha value is -1.06. The molecule has 3 nitrogen and oxygen atoms in total. The number of benzene rings is 1. The number of hydrogen-bond donors (Lipinski definition) is 1. The molecule has 0 radical (unpaired) electrons. The Balaban J connectivity index is 2.55. The molecule has 1 atom stereocenters. The fraction of sp³-hybridized carbons (Fsp3) is 0.647. The van der Waals surface area contributed by atoms with Crippen molar-refractivity contribution in [2.75, 3.05) is 26.9 Å². The average molecular weight is 279 g/mol. The number of hydrogen-bond acceptors (Lipinski definition) is 3. The maximum absolute atomic E-state index is 5.80. The SMILES string of the molecule is COCCOc1ccccc1C(C)CCNC(C)(C)C. The maximum atomic E-state index is 5.80. The molecule has 1 rings (SSSR count). The first-order chi connectivity index (χ1) is 9.44. The zero-order chi connectivity index (χ0) is 15.0. The number of rotatable bonds is 8. The second kappa shape index (κ2) is 8.28. The van der Waals surface area contributed by atoms with Crippen LogP contribution in [0.2, 0.25) is 0 Å². The van der Waals surface area contributed by atoms with E-state index in [1.165, 1.54) is 5.56 Å². The summed E-state index contributed by atoms with van der Waals surface area (Å²) in [6, 6.07) is 8.29. The van der Waals surface area contributed by atoms with Gasteiger partial charge in [-0.3, -0.25) is 0 Å². The van der Waals surface area contributed by atoms with E-state index in [1.807, 2.05) is 12.1 Å². The van der Waals surface area contributed by atoms with E-state index in [0.29, 0.717) is 19.1 Å². The summed E-state index contributed by atoms with van der Waals surface area (Å²) in [6.45, 7) is 11.1. The third-order valence-electron chi connectivity index (χ3n) is 3.23. The zero-order valence-electron chi connectivity index (χ0n) is 13.5. The van der Waals surface area contributed by atoms with E-state index in [1.54, 1.807) is 7.11 Å². The van der Waals surface area contributed by atoms with Gasteiger partial charge in [0.25, 0.3) is 0 Å². The minimum absolute atomic E-state index is 0.175. The third-order valence-corrected chi connectivity index (χ3v) is 3.23. The normalized spacial score (nSPS) is 13.2. The van der Waals surface area contributed by atoms with Gasteiger partial charge in [0.2, 0.25) is 0 Å². The lowest BCUT2D eigenvalue weighted by atomic mass is 9.96. The van der Waals surface area contributed by atoms with Gasteiger partial charge in [-0.15, -0.1) is 0 Å². The Morgan fingerprint density at radius 2 is 1.85 bits per heavy atom. The molecule has 0 fully saturated rings. The minimum atomic E-state index is 0.175. The van der Waals surface area contributed by atoms with Crippen LogP contribution in [0.25, 0.3) is 0 Å². The Labute approximate surface area is 123 Å². The standard InChI is InChI=1S/C17H29NO2/c1-14(10-11-18-17(2,3)4)15-8-6-7-9-16(15)20-13-12-19-5/h6-9,14,18H,10-13H2,1-5H3. The highest BCUT2D eigenvalue weighted by molar-refractivity contribution is 5.35. The molecule has 3 heteroatoms. The molecule has 0 aliphatic carbocycles. The van der Waals surface area contributed by atoms with E-state index in [-0.39, 0.29) is 5.54 Å². The lowest BCUT2D eigenvalue weighted by Gasteiger charge is -2.23. The predicted octanol–water partition coefficient (Wildman–Crippen LogP) is 3.59. The first-order valence-electron chi connectivity index (χ1n) is 7.39. The van der Waals surface area contributed by atoms with Crippen LogP contribution in [0.5, 0.6) is 5.75 Å². The summed E-state index contributed by atoms with van der Waals surface area (Å²) >= 11 is 0. The van der Waals surface area contributed by atoms with E-state index in [2.05, 4.69) is 45.1 Å². The second-order valence-corrected chi connectivity index (χ2v) is 6.25. The van der Waals surface area contributed by atoms with Gasteiger partial charge in [-0.25, -0.2) is 0 Å². The van der Waals surface area contributed by atoms with Crippen LogP contribution in [0.3, 0.4) is 0 Å². The Bertz CT molecular complexity index is 385. The molecule has 0 spiro atoms. The molecule has 0 aromatic heterocycles. The van der Waals surface area contributed by atoms with Crippen molar-refractivity contribution in [1.82, 2.24) is 5.32 Å². The predicted molar refractivity (Wildman–Crippen MR) is 84.6 cm³/mol. The molecular formula is C17H29NO2. The summed E-state index contributed by atoms with van der Waals surface area (Å²) in [7, 11) is 1.69. The molecule has 0 aliphatic heterocycles.